The Balaban J connectivity index is 1.57. The number of likely N-dealkylation sites (N-methyl/N-ethyl adjacent to an activating group) is 1. The monoisotopic (exact) mass is 413 g/mol. The van der Waals surface area contributed by atoms with E-state index >= 15 is 0 Å². The number of carbonyl (C=O) groups is 1. The summed E-state index contributed by atoms with van der Waals surface area (Å²) in [6.07, 6.45) is 3.81. The van der Waals surface area contributed by atoms with Gasteiger partial charge in [0, 0.05) is 44.6 Å². The van der Waals surface area contributed by atoms with Gasteiger partial charge in [0.2, 0.25) is 5.91 Å². The zero-order chi connectivity index (χ0) is 21.5. The highest BCUT2D eigenvalue weighted by atomic mass is 16.5. The Kier molecular flexibility index (Phi) is 7.42. The molecular formula is C21H31N7O2. The van der Waals surface area contributed by atoms with Crippen molar-refractivity contribution in [2.24, 2.45) is 12.0 Å². The second kappa shape index (κ2) is 10.2. The van der Waals surface area contributed by atoms with Crippen molar-refractivity contribution in [3.8, 4) is 0 Å². The fourth-order valence-corrected chi connectivity index (χ4v) is 3.41. The van der Waals surface area contributed by atoms with Crippen LogP contribution in [0.25, 0.3) is 0 Å². The van der Waals surface area contributed by atoms with E-state index in [0.29, 0.717) is 26.2 Å². The number of rotatable bonds is 6. The Morgan fingerprint density at radius 1 is 1.40 bits per heavy atom. The minimum atomic E-state index is -0.0318. The number of anilines is 1. The Labute approximate surface area is 177 Å². The van der Waals surface area contributed by atoms with E-state index in [1.54, 1.807) is 11.7 Å². The van der Waals surface area contributed by atoms with Crippen LogP contribution in [0.5, 0.6) is 0 Å². The van der Waals surface area contributed by atoms with Gasteiger partial charge in [-0.2, -0.15) is 5.10 Å². The number of hydrogen-bond donors (Lipinski definition) is 2. The summed E-state index contributed by atoms with van der Waals surface area (Å²) in [6, 6.07) is 7.84. The van der Waals surface area contributed by atoms with Crippen LogP contribution in [0.1, 0.15) is 17.2 Å². The third kappa shape index (κ3) is 6.04. The Hall–Kier alpha value is -2.91. The van der Waals surface area contributed by atoms with Gasteiger partial charge in [0.25, 0.3) is 0 Å². The third-order valence-electron chi connectivity index (χ3n) is 4.80. The molecule has 2 aromatic rings. The molecule has 9 heteroatoms. The van der Waals surface area contributed by atoms with Gasteiger partial charge in [0.05, 0.1) is 25.9 Å². The summed E-state index contributed by atoms with van der Waals surface area (Å²) in [6.45, 7) is 3.08. The third-order valence-corrected chi connectivity index (χ3v) is 4.80. The fourth-order valence-electron chi connectivity index (χ4n) is 3.41. The average molecular weight is 414 g/mol. The topological polar surface area (TPSA) is 87.0 Å². The molecule has 0 spiro atoms. The summed E-state index contributed by atoms with van der Waals surface area (Å²) in [4.78, 5) is 20.5. The van der Waals surface area contributed by atoms with Crippen molar-refractivity contribution >= 4 is 17.6 Å². The second-order valence-corrected chi connectivity index (χ2v) is 7.64. The van der Waals surface area contributed by atoms with Gasteiger partial charge < -0.3 is 25.2 Å². The first-order chi connectivity index (χ1) is 14.4. The lowest BCUT2D eigenvalue weighted by Crippen LogP contribution is -2.47. The lowest BCUT2D eigenvalue weighted by Gasteiger charge is -2.34. The molecule has 2 N–H and O–H groups in total. The molecule has 0 aliphatic carbocycles. The number of hydrogen-bond acceptors (Lipinski definition) is 5. The maximum absolute atomic E-state index is 12.0. The smallest absolute Gasteiger partial charge is 0.238 e. The van der Waals surface area contributed by atoms with E-state index in [2.05, 4.69) is 25.6 Å². The molecule has 3 rings (SSSR count). The summed E-state index contributed by atoms with van der Waals surface area (Å²) >= 11 is 0. The average Bonchev–Trinajstić information content (AvgIpc) is 3.15. The minimum absolute atomic E-state index is 0.0266. The van der Waals surface area contributed by atoms with Crippen LogP contribution in [0.3, 0.4) is 0 Å². The van der Waals surface area contributed by atoms with Crippen molar-refractivity contribution in [2.45, 2.75) is 12.6 Å². The van der Waals surface area contributed by atoms with Crippen LogP contribution in [-0.4, -0.2) is 78.8 Å². The number of morpholine rings is 1. The quantitative estimate of drug-likeness (QED) is 0.544. The summed E-state index contributed by atoms with van der Waals surface area (Å²) in [7, 11) is 7.43. The van der Waals surface area contributed by atoms with Gasteiger partial charge >= 0.3 is 0 Å². The zero-order valence-electron chi connectivity index (χ0n) is 18.1. The fraction of sp³-hybridized carbons (Fsp3) is 0.476. The first kappa shape index (κ1) is 21.8. The number of guanidine groups is 1. The van der Waals surface area contributed by atoms with Gasteiger partial charge in [-0.1, -0.05) is 12.1 Å². The van der Waals surface area contributed by atoms with Crippen molar-refractivity contribution in [2.75, 3.05) is 52.7 Å². The number of amides is 1. The van der Waals surface area contributed by atoms with Gasteiger partial charge in [-0.15, -0.1) is 0 Å². The molecule has 30 heavy (non-hydrogen) atoms. The predicted molar refractivity (Wildman–Crippen MR) is 117 cm³/mol. The van der Waals surface area contributed by atoms with E-state index in [-0.39, 0.29) is 12.0 Å². The Morgan fingerprint density at radius 2 is 2.23 bits per heavy atom. The number of aliphatic imine (C=N–C) groups is 1. The first-order valence-electron chi connectivity index (χ1n) is 10.0. The van der Waals surface area contributed by atoms with Gasteiger partial charge in [-0.05, 0) is 31.8 Å². The summed E-state index contributed by atoms with van der Waals surface area (Å²) in [5.41, 5.74) is 2.92. The molecule has 1 unspecified atom stereocenters. The molecule has 1 fully saturated rings. The summed E-state index contributed by atoms with van der Waals surface area (Å²) < 4.78 is 7.71. The second-order valence-electron chi connectivity index (χ2n) is 7.64. The highest BCUT2D eigenvalue weighted by Crippen LogP contribution is 2.21. The number of ether oxygens (including phenoxy) is 1. The lowest BCUT2D eigenvalue weighted by atomic mass is 10.1. The molecule has 1 aromatic carbocycles. The van der Waals surface area contributed by atoms with Gasteiger partial charge in [-0.25, -0.2) is 0 Å². The lowest BCUT2D eigenvalue weighted by molar-refractivity contribution is -0.116. The number of benzene rings is 1. The number of nitrogens with one attached hydrogen (secondary N) is 2. The number of aromatic nitrogens is 2. The van der Waals surface area contributed by atoms with Gasteiger partial charge in [-0.3, -0.25) is 14.5 Å². The number of aryl methyl sites for hydroxylation is 1. The molecule has 1 aromatic heterocycles. The predicted octanol–water partition coefficient (Wildman–Crippen LogP) is 1.07. The molecule has 1 saturated heterocycles. The molecule has 1 amide bonds. The van der Waals surface area contributed by atoms with E-state index < -0.39 is 0 Å². The van der Waals surface area contributed by atoms with E-state index in [1.165, 1.54) is 0 Å². The Bertz CT molecular complexity index is 878. The van der Waals surface area contributed by atoms with Gasteiger partial charge in [0.1, 0.15) is 6.10 Å². The molecule has 2 heterocycles. The maximum Gasteiger partial charge on any atom is 0.238 e. The van der Waals surface area contributed by atoms with Crippen molar-refractivity contribution in [3.63, 3.8) is 0 Å². The molecule has 1 atom stereocenters. The molecule has 0 radical (unpaired) electrons. The number of nitrogens with zero attached hydrogens (tertiary/aromatic N) is 5. The molecule has 1 aliphatic heterocycles. The first-order valence-corrected chi connectivity index (χ1v) is 10.0. The van der Waals surface area contributed by atoms with Crippen LogP contribution in [0.4, 0.5) is 5.69 Å². The van der Waals surface area contributed by atoms with Crippen molar-refractivity contribution in [3.05, 3.63) is 47.8 Å². The standard InChI is InChI=1S/C21H31N7O2/c1-22-21(28-8-9-30-19(14-28)17-12-24-27(4)13-17)23-11-16-6-5-7-18(10-16)25-20(29)15-26(2)3/h5-7,10,12-13,19H,8-9,11,14-15H2,1-4H3,(H,22,23)(H,25,29). The van der Waals surface area contributed by atoms with E-state index in [1.807, 2.05) is 62.7 Å². The highest BCUT2D eigenvalue weighted by Gasteiger charge is 2.25. The van der Waals surface area contributed by atoms with Crippen molar-refractivity contribution in [1.82, 2.24) is 24.9 Å². The van der Waals surface area contributed by atoms with E-state index in [4.69, 9.17) is 4.74 Å². The Morgan fingerprint density at radius 3 is 2.93 bits per heavy atom. The van der Waals surface area contributed by atoms with Crippen LogP contribution in [-0.2, 0) is 23.1 Å². The molecule has 0 saturated carbocycles. The minimum Gasteiger partial charge on any atom is -0.370 e. The highest BCUT2D eigenvalue weighted by molar-refractivity contribution is 5.92. The summed E-state index contributed by atoms with van der Waals surface area (Å²) in [5.74, 6) is 0.796. The van der Waals surface area contributed by atoms with Crippen LogP contribution in [0.2, 0.25) is 0 Å². The van der Waals surface area contributed by atoms with Crippen LogP contribution >= 0.6 is 0 Å². The van der Waals surface area contributed by atoms with Crippen LogP contribution in [0, 0.1) is 0 Å². The molecular weight excluding hydrogens is 382 g/mol. The SMILES string of the molecule is CN=C(NCc1cccc(NC(=O)CN(C)C)c1)N1CCOC(c2cnn(C)c2)C1. The van der Waals surface area contributed by atoms with E-state index in [9.17, 15) is 4.79 Å². The van der Waals surface area contributed by atoms with E-state index in [0.717, 1.165) is 29.3 Å². The van der Waals surface area contributed by atoms with Gasteiger partial charge in [0.15, 0.2) is 5.96 Å². The summed E-state index contributed by atoms with van der Waals surface area (Å²) in [5, 5.41) is 10.6. The normalized spacial score (nSPS) is 17.3. The van der Waals surface area contributed by atoms with Crippen molar-refractivity contribution in [1.29, 1.82) is 0 Å². The number of carbonyl (C=O) groups excluding carboxylic acids is 1. The van der Waals surface area contributed by atoms with Crippen molar-refractivity contribution < 1.29 is 9.53 Å². The van der Waals surface area contributed by atoms with Crippen LogP contribution < -0.4 is 10.6 Å². The molecule has 1 aliphatic rings. The molecule has 162 valence electrons. The molecule has 9 nitrogen and oxygen atoms in total. The van der Waals surface area contributed by atoms with Crippen LogP contribution in [0.15, 0.2) is 41.7 Å². The zero-order valence-corrected chi connectivity index (χ0v) is 18.1. The maximum atomic E-state index is 12.0. The largest absolute Gasteiger partial charge is 0.370 e. The molecule has 0 bridgehead atoms.